The van der Waals surface area contributed by atoms with Crippen LogP contribution < -0.4 is 5.32 Å². The first-order valence-corrected chi connectivity index (χ1v) is 7.46. The molecule has 2 heterocycles. The largest absolute Gasteiger partial charge is 0.382 e. The Hall–Kier alpha value is -2.77. The number of carbonyl (C=O) groups is 1. The van der Waals surface area contributed by atoms with Crippen molar-refractivity contribution in [2.45, 2.75) is 38.8 Å². The molecule has 0 radical (unpaired) electrons. The molecule has 1 N–H and O–H groups in total. The van der Waals surface area contributed by atoms with Gasteiger partial charge in [-0.15, -0.1) is 0 Å². The molecule has 1 atom stereocenters. The highest BCUT2D eigenvalue weighted by Gasteiger charge is 2.33. The second kappa shape index (κ2) is 6.03. The minimum atomic E-state index is -0.765. The molecule has 0 spiro atoms. The van der Waals surface area contributed by atoms with Crippen molar-refractivity contribution in [1.82, 2.24) is 15.5 Å². The number of oxime groups is 1. The number of aromatic nitrogens is 2. The lowest BCUT2D eigenvalue weighted by molar-refractivity contribution is -0.120. The molecule has 0 saturated carbocycles. The fraction of sp³-hybridized carbons (Fsp3) is 0.375. The van der Waals surface area contributed by atoms with Gasteiger partial charge >= 0.3 is 0 Å². The van der Waals surface area contributed by atoms with E-state index in [0.29, 0.717) is 23.5 Å². The SMILES string of the molecule is CC(=O)NC(C)(C)c1noc([C@@H]2CC(c3cccc(F)c3)=NO2)n1. The van der Waals surface area contributed by atoms with Gasteiger partial charge in [0.1, 0.15) is 5.82 Å². The lowest BCUT2D eigenvalue weighted by Gasteiger charge is -2.20. The number of halogens is 1. The van der Waals surface area contributed by atoms with Crippen LogP contribution in [0.1, 0.15) is 50.6 Å². The predicted molar refractivity (Wildman–Crippen MR) is 82.5 cm³/mol. The van der Waals surface area contributed by atoms with Crippen molar-refractivity contribution >= 4 is 11.6 Å². The van der Waals surface area contributed by atoms with Crippen molar-refractivity contribution < 1.29 is 18.5 Å². The molecule has 0 saturated heterocycles. The molecule has 0 fully saturated rings. The summed E-state index contributed by atoms with van der Waals surface area (Å²) < 4.78 is 18.5. The van der Waals surface area contributed by atoms with Crippen LogP contribution in [0.2, 0.25) is 0 Å². The van der Waals surface area contributed by atoms with Crippen LogP contribution in [-0.2, 0) is 15.2 Å². The zero-order chi connectivity index (χ0) is 17.3. The lowest BCUT2D eigenvalue weighted by atomic mass is 10.0. The summed E-state index contributed by atoms with van der Waals surface area (Å²) in [6.45, 7) is 4.96. The molecule has 0 aliphatic carbocycles. The van der Waals surface area contributed by atoms with Crippen molar-refractivity contribution in [3.63, 3.8) is 0 Å². The fourth-order valence-corrected chi connectivity index (χ4v) is 2.46. The normalized spacial score (nSPS) is 17.3. The van der Waals surface area contributed by atoms with E-state index < -0.39 is 11.6 Å². The summed E-state index contributed by atoms with van der Waals surface area (Å²) in [5.41, 5.74) is 0.495. The first-order chi connectivity index (χ1) is 11.3. The molecular weight excluding hydrogens is 315 g/mol. The van der Waals surface area contributed by atoms with E-state index in [-0.39, 0.29) is 17.6 Å². The Morgan fingerprint density at radius 1 is 1.42 bits per heavy atom. The van der Waals surface area contributed by atoms with E-state index in [1.807, 2.05) is 0 Å². The molecule has 1 aliphatic heterocycles. The van der Waals surface area contributed by atoms with E-state index in [4.69, 9.17) is 9.36 Å². The number of rotatable bonds is 4. The van der Waals surface area contributed by atoms with Gasteiger partial charge in [0.15, 0.2) is 5.82 Å². The Morgan fingerprint density at radius 3 is 2.92 bits per heavy atom. The first-order valence-electron chi connectivity index (χ1n) is 7.46. The molecule has 1 amide bonds. The lowest BCUT2D eigenvalue weighted by Crippen LogP contribution is -2.40. The second-order valence-electron chi connectivity index (χ2n) is 6.11. The van der Waals surface area contributed by atoms with Gasteiger partial charge in [-0.05, 0) is 26.0 Å². The zero-order valence-corrected chi connectivity index (χ0v) is 13.5. The Kier molecular flexibility index (Phi) is 4.04. The van der Waals surface area contributed by atoms with Crippen molar-refractivity contribution in [3.05, 3.63) is 47.4 Å². The van der Waals surface area contributed by atoms with Crippen LogP contribution in [0.5, 0.6) is 0 Å². The number of nitrogens with one attached hydrogen (secondary N) is 1. The maximum atomic E-state index is 13.3. The van der Waals surface area contributed by atoms with Gasteiger partial charge in [-0.3, -0.25) is 4.79 Å². The summed E-state index contributed by atoms with van der Waals surface area (Å²) >= 11 is 0. The van der Waals surface area contributed by atoms with E-state index in [2.05, 4.69) is 20.6 Å². The van der Waals surface area contributed by atoms with E-state index in [1.165, 1.54) is 19.1 Å². The van der Waals surface area contributed by atoms with Crippen molar-refractivity contribution in [1.29, 1.82) is 0 Å². The van der Waals surface area contributed by atoms with Crippen LogP contribution in [0.3, 0.4) is 0 Å². The maximum absolute atomic E-state index is 13.3. The Balaban J connectivity index is 1.73. The monoisotopic (exact) mass is 332 g/mol. The van der Waals surface area contributed by atoms with Gasteiger partial charge in [0.2, 0.25) is 12.0 Å². The third-order valence-electron chi connectivity index (χ3n) is 3.59. The molecule has 1 aliphatic rings. The Labute approximate surface area is 137 Å². The van der Waals surface area contributed by atoms with Crippen LogP contribution >= 0.6 is 0 Å². The quantitative estimate of drug-likeness (QED) is 0.929. The van der Waals surface area contributed by atoms with Gasteiger partial charge in [0.25, 0.3) is 5.89 Å². The van der Waals surface area contributed by atoms with Crippen molar-refractivity contribution in [2.75, 3.05) is 0 Å². The second-order valence-corrected chi connectivity index (χ2v) is 6.11. The molecule has 126 valence electrons. The average Bonchev–Trinajstić information content (AvgIpc) is 3.15. The third-order valence-corrected chi connectivity index (χ3v) is 3.59. The molecular formula is C16H17FN4O3. The average molecular weight is 332 g/mol. The number of hydrogen-bond acceptors (Lipinski definition) is 6. The minimum absolute atomic E-state index is 0.194. The number of nitrogens with zero attached hydrogens (tertiary/aromatic N) is 3. The predicted octanol–water partition coefficient (Wildman–Crippen LogP) is 2.45. The standard InChI is InChI=1S/C16H17FN4O3/c1-9(22)19-16(2,3)15-18-14(24-21-15)13-8-12(20-23-13)10-5-4-6-11(17)7-10/h4-7,13H,8H2,1-3H3,(H,19,22)/t13-/m0/s1. The fourth-order valence-electron chi connectivity index (χ4n) is 2.46. The number of carbonyl (C=O) groups excluding carboxylic acids is 1. The highest BCUT2D eigenvalue weighted by atomic mass is 19.1. The van der Waals surface area contributed by atoms with Crippen LogP contribution in [0.25, 0.3) is 0 Å². The van der Waals surface area contributed by atoms with E-state index in [9.17, 15) is 9.18 Å². The molecule has 0 bridgehead atoms. The molecule has 1 aromatic heterocycles. The highest BCUT2D eigenvalue weighted by molar-refractivity contribution is 6.01. The number of amides is 1. The van der Waals surface area contributed by atoms with Crippen LogP contribution in [0.15, 0.2) is 33.9 Å². The van der Waals surface area contributed by atoms with Gasteiger partial charge in [-0.25, -0.2) is 4.39 Å². The minimum Gasteiger partial charge on any atom is -0.382 e. The molecule has 24 heavy (non-hydrogen) atoms. The third kappa shape index (κ3) is 3.27. The maximum Gasteiger partial charge on any atom is 0.271 e. The first kappa shape index (κ1) is 16.1. The van der Waals surface area contributed by atoms with Crippen LogP contribution in [0.4, 0.5) is 4.39 Å². The Bertz CT molecular complexity index is 800. The van der Waals surface area contributed by atoms with E-state index in [1.54, 1.807) is 26.0 Å². The summed E-state index contributed by atoms with van der Waals surface area (Å²) in [6, 6.07) is 6.13. The topological polar surface area (TPSA) is 89.6 Å². The highest BCUT2D eigenvalue weighted by Crippen LogP contribution is 2.29. The molecule has 7 nitrogen and oxygen atoms in total. The molecule has 8 heteroatoms. The summed E-state index contributed by atoms with van der Waals surface area (Å²) in [4.78, 5) is 20.9. The van der Waals surface area contributed by atoms with Crippen molar-refractivity contribution in [2.24, 2.45) is 5.16 Å². The van der Waals surface area contributed by atoms with Gasteiger partial charge in [-0.1, -0.05) is 22.4 Å². The summed E-state index contributed by atoms with van der Waals surface area (Å²) in [7, 11) is 0. The Morgan fingerprint density at radius 2 is 2.21 bits per heavy atom. The molecule has 3 rings (SSSR count). The van der Waals surface area contributed by atoms with Gasteiger partial charge in [0, 0.05) is 18.9 Å². The smallest absolute Gasteiger partial charge is 0.271 e. The summed E-state index contributed by atoms with van der Waals surface area (Å²) in [5.74, 6) is 0.0741. The zero-order valence-electron chi connectivity index (χ0n) is 13.5. The van der Waals surface area contributed by atoms with Crippen molar-refractivity contribution in [3.8, 4) is 0 Å². The van der Waals surface area contributed by atoms with Crippen LogP contribution in [-0.4, -0.2) is 21.8 Å². The van der Waals surface area contributed by atoms with E-state index >= 15 is 0 Å². The number of hydrogen-bond donors (Lipinski definition) is 1. The van der Waals surface area contributed by atoms with E-state index in [0.717, 1.165) is 0 Å². The number of benzene rings is 1. The summed E-state index contributed by atoms with van der Waals surface area (Å²) in [5, 5.41) is 10.6. The van der Waals surface area contributed by atoms with Crippen LogP contribution in [0, 0.1) is 5.82 Å². The summed E-state index contributed by atoms with van der Waals surface area (Å²) in [6.07, 6.45) is -0.135. The van der Waals surface area contributed by atoms with Gasteiger partial charge in [-0.2, -0.15) is 4.98 Å². The van der Waals surface area contributed by atoms with Gasteiger partial charge in [0.05, 0.1) is 11.3 Å². The van der Waals surface area contributed by atoms with Gasteiger partial charge < -0.3 is 14.7 Å². The molecule has 1 aromatic carbocycles. The molecule has 2 aromatic rings. The molecule has 0 unspecified atom stereocenters.